The third-order valence-electron chi connectivity index (χ3n) is 4.31. The van der Waals surface area contributed by atoms with Crippen LogP contribution in [0.15, 0.2) is 40.8 Å². The summed E-state index contributed by atoms with van der Waals surface area (Å²) < 4.78 is 25.0. The Morgan fingerprint density at radius 1 is 1.25 bits per heavy atom. The average molecular weight is 331 g/mol. The zero-order valence-electron chi connectivity index (χ0n) is 14.0. The minimum absolute atomic E-state index is 0.0708. The lowest BCUT2D eigenvalue weighted by molar-refractivity contribution is -0.143. The molecule has 2 unspecified atom stereocenters. The second-order valence-corrected chi connectivity index (χ2v) is 6.28. The predicted octanol–water partition coefficient (Wildman–Crippen LogP) is 3.65. The molecule has 2 aromatic rings. The Hall–Kier alpha value is -2.14. The van der Waals surface area contributed by atoms with Gasteiger partial charge in [0.05, 0.1) is 24.3 Å². The number of amides is 1. The second-order valence-electron chi connectivity index (χ2n) is 6.28. The van der Waals surface area contributed by atoms with E-state index in [9.17, 15) is 9.18 Å². The second kappa shape index (κ2) is 7.18. The molecule has 1 aliphatic rings. The number of ether oxygens (including phenoxy) is 1. The fraction of sp³-hybridized carbons (Fsp3) is 0.421. The third-order valence-corrected chi connectivity index (χ3v) is 4.31. The van der Waals surface area contributed by atoms with Crippen molar-refractivity contribution in [2.75, 3.05) is 13.2 Å². The molecular weight excluding hydrogens is 309 g/mol. The smallest absolute Gasteiger partial charge is 0.223 e. The van der Waals surface area contributed by atoms with Gasteiger partial charge in [0.15, 0.2) is 0 Å². The van der Waals surface area contributed by atoms with Crippen LogP contribution in [0.5, 0.6) is 0 Å². The van der Waals surface area contributed by atoms with Crippen molar-refractivity contribution in [1.29, 1.82) is 0 Å². The Labute approximate surface area is 141 Å². The van der Waals surface area contributed by atoms with Gasteiger partial charge in [-0.1, -0.05) is 12.1 Å². The highest BCUT2D eigenvalue weighted by Gasteiger charge is 2.27. The van der Waals surface area contributed by atoms with E-state index in [0.29, 0.717) is 43.1 Å². The van der Waals surface area contributed by atoms with Crippen molar-refractivity contribution < 1.29 is 18.3 Å². The Morgan fingerprint density at radius 2 is 2.04 bits per heavy atom. The number of morpholine rings is 1. The summed E-state index contributed by atoms with van der Waals surface area (Å²) in [6, 6.07) is 10.1. The number of aryl methyl sites for hydroxylation is 1. The SMILES string of the molecule is CC1CN(C(=O)CCc2ccc(-c3ccccc3F)o2)C(C)CO1. The summed E-state index contributed by atoms with van der Waals surface area (Å²) in [5.41, 5.74) is 0.436. The summed E-state index contributed by atoms with van der Waals surface area (Å²) in [7, 11) is 0. The largest absolute Gasteiger partial charge is 0.461 e. The Morgan fingerprint density at radius 3 is 2.83 bits per heavy atom. The molecule has 1 aromatic carbocycles. The third kappa shape index (κ3) is 3.67. The maximum atomic E-state index is 13.8. The normalized spacial score (nSPS) is 21.0. The summed E-state index contributed by atoms with van der Waals surface area (Å²) >= 11 is 0. The molecule has 128 valence electrons. The van der Waals surface area contributed by atoms with E-state index >= 15 is 0 Å². The first kappa shape index (κ1) is 16.7. The van der Waals surface area contributed by atoms with Crippen LogP contribution in [0.4, 0.5) is 4.39 Å². The molecule has 0 saturated carbocycles. The standard InChI is InChI=1S/C19H22FNO3/c1-13-12-23-14(2)11-21(13)19(22)10-8-15-7-9-18(24-15)16-5-3-4-6-17(16)20/h3-7,9,13-14H,8,10-12H2,1-2H3. The fourth-order valence-electron chi connectivity index (χ4n) is 2.94. The molecule has 0 spiro atoms. The molecule has 1 fully saturated rings. The molecule has 2 heterocycles. The number of carbonyl (C=O) groups excluding carboxylic acids is 1. The van der Waals surface area contributed by atoms with E-state index in [2.05, 4.69) is 0 Å². The van der Waals surface area contributed by atoms with Gasteiger partial charge < -0.3 is 14.1 Å². The monoisotopic (exact) mass is 331 g/mol. The number of halogens is 1. The number of furan rings is 1. The number of carbonyl (C=O) groups is 1. The molecule has 1 aromatic heterocycles. The zero-order chi connectivity index (χ0) is 17.1. The summed E-state index contributed by atoms with van der Waals surface area (Å²) in [4.78, 5) is 14.3. The van der Waals surface area contributed by atoms with Crippen molar-refractivity contribution >= 4 is 5.91 Å². The molecule has 2 atom stereocenters. The first-order valence-electron chi connectivity index (χ1n) is 8.29. The average Bonchev–Trinajstić information content (AvgIpc) is 3.04. The van der Waals surface area contributed by atoms with Gasteiger partial charge in [0.25, 0.3) is 0 Å². The topological polar surface area (TPSA) is 42.7 Å². The van der Waals surface area contributed by atoms with E-state index in [0.717, 1.165) is 0 Å². The lowest BCUT2D eigenvalue weighted by Crippen LogP contribution is -2.50. The molecule has 1 aliphatic heterocycles. The van der Waals surface area contributed by atoms with Crippen LogP contribution in [0.2, 0.25) is 0 Å². The number of benzene rings is 1. The van der Waals surface area contributed by atoms with Crippen molar-refractivity contribution in [3.63, 3.8) is 0 Å². The summed E-state index contributed by atoms with van der Waals surface area (Å²) in [6.07, 6.45) is 0.953. The Kier molecular flexibility index (Phi) is 5.00. The Balaban J connectivity index is 1.61. The quantitative estimate of drug-likeness (QED) is 0.859. The van der Waals surface area contributed by atoms with Crippen molar-refractivity contribution in [1.82, 2.24) is 4.90 Å². The lowest BCUT2D eigenvalue weighted by Gasteiger charge is -2.36. The first-order valence-corrected chi connectivity index (χ1v) is 8.29. The van der Waals surface area contributed by atoms with Crippen molar-refractivity contribution in [2.24, 2.45) is 0 Å². The molecule has 0 radical (unpaired) electrons. The van der Waals surface area contributed by atoms with Gasteiger partial charge in [0.1, 0.15) is 17.3 Å². The van der Waals surface area contributed by atoms with E-state index < -0.39 is 0 Å². The van der Waals surface area contributed by atoms with Crippen LogP contribution in [-0.2, 0) is 16.0 Å². The van der Waals surface area contributed by atoms with Crippen molar-refractivity contribution in [2.45, 2.75) is 38.8 Å². The van der Waals surface area contributed by atoms with E-state index in [1.807, 2.05) is 18.7 Å². The van der Waals surface area contributed by atoms with Crippen LogP contribution in [0.3, 0.4) is 0 Å². The minimum Gasteiger partial charge on any atom is -0.461 e. The van der Waals surface area contributed by atoms with Gasteiger partial charge in [-0.05, 0) is 38.1 Å². The molecule has 1 saturated heterocycles. The summed E-state index contributed by atoms with van der Waals surface area (Å²) in [6.45, 7) is 5.16. The molecule has 0 aliphatic carbocycles. The van der Waals surface area contributed by atoms with Gasteiger partial charge in [0.2, 0.25) is 5.91 Å². The molecule has 4 nitrogen and oxygen atoms in total. The van der Waals surface area contributed by atoms with E-state index in [-0.39, 0.29) is 23.9 Å². The van der Waals surface area contributed by atoms with Crippen LogP contribution >= 0.6 is 0 Å². The highest BCUT2D eigenvalue weighted by Crippen LogP contribution is 2.25. The first-order chi connectivity index (χ1) is 11.5. The number of hydrogen-bond acceptors (Lipinski definition) is 3. The molecular formula is C19H22FNO3. The van der Waals surface area contributed by atoms with Crippen LogP contribution in [-0.4, -0.2) is 36.1 Å². The predicted molar refractivity (Wildman–Crippen MR) is 89.0 cm³/mol. The molecule has 0 N–H and O–H groups in total. The van der Waals surface area contributed by atoms with E-state index in [4.69, 9.17) is 9.15 Å². The highest BCUT2D eigenvalue weighted by atomic mass is 19.1. The fourth-order valence-corrected chi connectivity index (χ4v) is 2.94. The van der Waals surface area contributed by atoms with Crippen LogP contribution in [0.25, 0.3) is 11.3 Å². The van der Waals surface area contributed by atoms with Crippen LogP contribution in [0, 0.1) is 5.82 Å². The van der Waals surface area contributed by atoms with Gasteiger partial charge in [-0.3, -0.25) is 4.79 Å². The van der Waals surface area contributed by atoms with Crippen LogP contribution < -0.4 is 0 Å². The summed E-state index contributed by atoms with van der Waals surface area (Å²) in [5, 5.41) is 0. The maximum absolute atomic E-state index is 13.8. The molecule has 0 bridgehead atoms. The number of hydrogen-bond donors (Lipinski definition) is 0. The van der Waals surface area contributed by atoms with Gasteiger partial charge in [0, 0.05) is 19.4 Å². The number of rotatable bonds is 4. The van der Waals surface area contributed by atoms with Gasteiger partial charge in [-0.15, -0.1) is 0 Å². The minimum atomic E-state index is -0.314. The van der Waals surface area contributed by atoms with Crippen molar-refractivity contribution in [3.05, 3.63) is 48.0 Å². The maximum Gasteiger partial charge on any atom is 0.223 e. The zero-order valence-corrected chi connectivity index (χ0v) is 14.0. The van der Waals surface area contributed by atoms with Gasteiger partial charge in [-0.2, -0.15) is 0 Å². The Bertz CT molecular complexity index is 712. The summed E-state index contributed by atoms with van der Waals surface area (Å²) in [5.74, 6) is 0.964. The van der Waals surface area contributed by atoms with E-state index in [1.165, 1.54) is 6.07 Å². The highest BCUT2D eigenvalue weighted by molar-refractivity contribution is 5.77. The van der Waals surface area contributed by atoms with E-state index in [1.54, 1.807) is 30.3 Å². The van der Waals surface area contributed by atoms with Crippen LogP contribution in [0.1, 0.15) is 26.0 Å². The molecule has 5 heteroatoms. The lowest BCUT2D eigenvalue weighted by atomic mass is 10.1. The number of nitrogens with zero attached hydrogens (tertiary/aromatic N) is 1. The molecule has 3 rings (SSSR count). The van der Waals surface area contributed by atoms with Gasteiger partial charge >= 0.3 is 0 Å². The van der Waals surface area contributed by atoms with Gasteiger partial charge in [-0.25, -0.2) is 4.39 Å². The molecule has 1 amide bonds. The van der Waals surface area contributed by atoms with Crippen molar-refractivity contribution in [3.8, 4) is 11.3 Å². The molecule has 24 heavy (non-hydrogen) atoms.